The Morgan fingerprint density at radius 2 is 1.82 bits per heavy atom. The van der Waals surface area contributed by atoms with Crippen LogP contribution in [0.2, 0.25) is 0 Å². The van der Waals surface area contributed by atoms with Crippen LogP contribution in [0.3, 0.4) is 0 Å². The predicted molar refractivity (Wildman–Crippen MR) is 80.9 cm³/mol. The summed E-state index contributed by atoms with van der Waals surface area (Å²) in [5, 5.41) is 18.7. The molecule has 0 aliphatic carbocycles. The number of nitrogens with zero attached hydrogens (tertiary/aromatic N) is 1. The molecule has 6 nitrogen and oxygen atoms in total. The maximum Gasteiger partial charge on any atom is 0.335 e. The van der Waals surface area contributed by atoms with E-state index in [1.54, 1.807) is 36.2 Å². The molecule has 0 fully saturated rings. The Morgan fingerprint density at radius 3 is 2.41 bits per heavy atom. The fraction of sp³-hybridized carbons (Fsp3) is 0.125. The highest BCUT2D eigenvalue weighted by atomic mass is 16.5. The van der Waals surface area contributed by atoms with E-state index in [9.17, 15) is 14.7 Å². The number of hydrogen-bond acceptors (Lipinski definition) is 5. The number of carboxylic acid groups (broad SMARTS) is 1. The van der Waals surface area contributed by atoms with E-state index in [1.807, 2.05) is 0 Å². The molecule has 0 spiro atoms. The number of carboxylic acids is 1. The number of aldehydes is 1. The van der Waals surface area contributed by atoms with Crippen molar-refractivity contribution in [1.82, 2.24) is 0 Å². The number of carbonyl (C=O) groups is 2. The molecule has 0 bridgehead atoms. The molecule has 2 aromatic carbocycles. The third kappa shape index (κ3) is 3.54. The monoisotopic (exact) mass is 301 g/mol. The summed E-state index contributed by atoms with van der Waals surface area (Å²) in [4.78, 5) is 22.9. The van der Waals surface area contributed by atoms with Gasteiger partial charge in [0, 0.05) is 13.1 Å². The maximum atomic E-state index is 10.8. The lowest BCUT2D eigenvalue weighted by Gasteiger charge is -2.18. The Labute approximate surface area is 127 Å². The Morgan fingerprint density at radius 1 is 1.18 bits per heavy atom. The van der Waals surface area contributed by atoms with E-state index in [2.05, 4.69) is 0 Å². The van der Waals surface area contributed by atoms with Gasteiger partial charge in [-0.1, -0.05) is 0 Å². The van der Waals surface area contributed by atoms with Crippen LogP contribution < -0.4 is 9.64 Å². The number of ether oxygens (including phenoxy) is 1. The molecule has 0 radical (unpaired) electrons. The molecule has 2 aromatic rings. The lowest BCUT2D eigenvalue weighted by Crippen LogP contribution is -2.19. The van der Waals surface area contributed by atoms with Gasteiger partial charge in [0.2, 0.25) is 0 Å². The van der Waals surface area contributed by atoms with Gasteiger partial charge in [-0.15, -0.1) is 0 Å². The van der Waals surface area contributed by atoms with Gasteiger partial charge in [-0.25, -0.2) is 4.79 Å². The van der Waals surface area contributed by atoms with Gasteiger partial charge < -0.3 is 24.6 Å². The number of carbonyl (C=O) groups excluding carboxylic acids is 1. The van der Waals surface area contributed by atoms with Crippen molar-refractivity contribution in [2.45, 2.75) is 0 Å². The van der Waals surface area contributed by atoms with Gasteiger partial charge in [-0.05, 0) is 36.4 Å². The zero-order valence-corrected chi connectivity index (χ0v) is 11.9. The number of anilines is 1. The minimum atomic E-state index is -1.01. The Kier molecular flexibility index (Phi) is 4.63. The number of rotatable bonds is 6. The lowest BCUT2D eigenvalue weighted by molar-refractivity contribution is -0.106. The first-order valence-corrected chi connectivity index (χ1v) is 6.50. The Balaban J connectivity index is 2.20. The van der Waals surface area contributed by atoms with Crippen molar-refractivity contribution in [3.8, 4) is 17.2 Å². The van der Waals surface area contributed by atoms with Crippen LogP contribution in [0.15, 0.2) is 42.5 Å². The first-order valence-electron chi connectivity index (χ1n) is 6.50. The van der Waals surface area contributed by atoms with Crippen molar-refractivity contribution < 1.29 is 24.5 Å². The molecule has 0 amide bonds. The van der Waals surface area contributed by atoms with E-state index < -0.39 is 5.97 Å². The molecule has 22 heavy (non-hydrogen) atoms. The molecule has 0 atom stereocenters. The van der Waals surface area contributed by atoms with Crippen LogP contribution in [-0.4, -0.2) is 36.1 Å². The van der Waals surface area contributed by atoms with Crippen molar-refractivity contribution in [2.75, 3.05) is 18.5 Å². The zero-order valence-electron chi connectivity index (χ0n) is 11.9. The summed E-state index contributed by atoms with van der Waals surface area (Å²) in [5.74, 6) is -0.0276. The molecule has 0 saturated heterocycles. The fourth-order valence-corrected chi connectivity index (χ4v) is 1.88. The zero-order chi connectivity index (χ0) is 16.1. The molecule has 6 heteroatoms. The topological polar surface area (TPSA) is 87.1 Å². The molecule has 0 saturated carbocycles. The second kappa shape index (κ2) is 6.62. The van der Waals surface area contributed by atoms with E-state index in [-0.39, 0.29) is 17.9 Å². The summed E-state index contributed by atoms with van der Waals surface area (Å²) in [5.41, 5.74) is 0.635. The molecule has 2 rings (SSSR count). The Bertz CT molecular complexity index is 681. The maximum absolute atomic E-state index is 10.8. The van der Waals surface area contributed by atoms with E-state index in [0.717, 1.165) is 6.29 Å². The first-order chi connectivity index (χ1) is 10.5. The van der Waals surface area contributed by atoms with Crippen LogP contribution in [0.25, 0.3) is 0 Å². The van der Waals surface area contributed by atoms with Gasteiger partial charge in [-0.3, -0.25) is 0 Å². The minimum Gasteiger partial charge on any atom is -0.506 e. The van der Waals surface area contributed by atoms with Crippen molar-refractivity contribution in [1.29, 1.82) is 0 Å². The SMILES string of the molecule is CN(CC=O)c1cc(Oc2ccc(C(=O)O)cc2)ccc1O. The number of likely N-dealkylation sites (N-methyl/N-ethyl adjacent to an activating group) is 1. The molecular weight excluding hydrogens is 286 g/mol. The number of phenols is 1. The van der Waals surface area contributed by atoms with E-state index in [1.165, 1.54) is 18.2 Å². The van der Waals surface area contributed by atoms with Gasteiger partial charge in [0.1, 0.15) is 23.5 Å². The van der Waals surface area contributed by atoms with Crippen LogP contribution in [0.1, 0.15) is 10.4 Å². The van der Waals surface area contributed by atoms with Gasteiger partial charge in [-0.2, -0.15) is 0 Å². The highest BCUT2D eigenvalue weighted by Gasteiger charge is 2.09. The summed E-state index contributed by atoms with van der Waals surface area (Å²) < 4.78 is 5.62. The van der Waals surface area contributed by atoms with E-state index in [4.69, 9.17) is 9.84 Å². The highest BCUT2D eigenvalue weighted by Crippen LogP contribution is 2.32. The molecule has 114 valence electrons. The van der Waals surface area contributed by atoms with Crippen molar-refractivity contribution in [3.05, 3.63) is 48.0 Å². The third-order valence-corrected chi connectivity index (χ3v) is 3.04. The van der Waals surface area contributed by atoms with Crippen molar-refractivity contribution in [3.63, 3.8) is 0 Å². The van der Waals surface area contributed by atoms with Gasteiger partial charge >= 0.3 is 5.97 Å². The summed E-state index contributed by atoms with van der Waals surface area (Å²) in [6.07, 6.45) is 0.734. The fourth-order valence-electron chi connectivity index (χ4n) is 1.88. The smallest absolute Gasteiger partial charge is 0.335 e. The lowest BCUT2D eigenvalue weighted by atomic mass is 10.2. The largest absolute Gasteiger partial charge is 0.506 e. The van der Waals surface area contributed by atoms with E-state index >= 15 is 0 Å². The van der Waals surface area contributed by atoms with Gasteiger partial charge in [0.25, 0.3) is 0 Å². The molecule has 0 unspecified atom stereocenters. The van der Waals surface area contributed by atoms with Crippen LogP contribution >= 0.6 is 0 Å². The third-order valence-electron chi connectivity index (χ3n) is 3.04. The number of benzene rings is 2. The normalized spacial score (nSPS) is 10.0. The first kappa shape index (κ1) is 15.4. The minimum absolute atomic E-state index is 0.0397. The second-order valence-electron chi connectivity index (χ2n) is 4.63. The molecule has 2 N–H and O–H groups in total. The molecule has 0 heterocycles. The molecule has 0 aliphatic heterocycles. The predicted octanol–water partition coefficient (Wildman–Crippen LogP) is 2.52. The highest BCUT2D eigenvalue weighted by molar-refractivity contribution is 5.87. The number of aromatic hydroxyl groups is 1. The number of aromatic carboxylic acids is 1. The van der Waals surface area contributed by atoms with Crippen LogP contribution in [0, 0.1) is 0 Å². The second-order valence-corrected chi connectivity index (χ2v) is 4.63. The number of hydrogen-bond donors (Lipinski definition) is 2. The quantitative estimate of drug-likeness (QED) is 0.797. The van der Waals surface area contributed by atoms with Crippen LogP contribution in [0.4, 0.5) is 5.69 Å². The molecular formula is C16H15NO5. The summed E-state index contributed by atoms with van der Waals surface area (Å²) in [6, 6.07) is 10.6. The van der Waals surface area contributed by atoms with Gasteiger partial charge in [0.05, 0.1) is 17.8 Å². The van der Waals surface area contributed by atoms with Crippen molar-refractivity contribution >= 4 is 17.9 Å². The standard InChI is InChI=1S/C16H15NO5/c1-17(8-9-18)14-10-13(6-7-15(14)19)22-12-4-2-11(3-5-12)16(20)21/h2-7,9-10,19H,8H2,1H3,(H,20,21). The molecule has 0 aromatic heterocycles. The summed E-state index contributed by atoms with van der Waals surface area (Å²) >= 11 is 0. The Hall–Kier alpha value is -3.02. The summed E-state index contributed by atoms with van der Waals surface area (Å²) in [7, 11) is 1.68. The van der Waals surface area contributed by atoms with Crippen molar-refractivity contribution in [2.24, 2.45) is 0 Å². The van der Waals surface area contributed by atoms with Crippen LogP contribution in [0.5, 0.6) is 17.2 Å². The van der Waals surface area contributed by atoms with E-state index in [0.29, 0.717) is 17.2 Å². The van der Waals surface area contributed by atoms with Crippen LogP contribution in [-0.2, 0) is 4.79 Å². The summed E-state index contributed by atoms with van der Waals surface area (Å²) in [6.45, 7) is 0.143. The molecule has 0 aliphatic rings. The number of phenolic OH excluding ortho intramolecular Hbond substituents is 1. The van der Waals surface area contributed by atoms with Gasteiger partial charge in [0.15, 0.2) is 0 Å². The average Bonchev–Trinajstić information content (AvgIpc) is 2.50. The average molecular weight is 301 g/mol.